The van der Waals surface area contributed by atoms with Gasteiger partial charge in [0.15, 0.2) is 0 Å². The lowest BCUT2D eigenvalue weighted by molar-refractivity contribution is -0.119. The molecule has 0 aliphatic heterocycles. The van der Waals surface area contributed by atoms with Gasteiger partial charge in [-0.2, -0.15) is 5.26 Å². The van der Waals surface area contributed by atoms with Crippen LogP contribution in [0.3, 0.4) is 0 Å². The summed E-state index contributed by atoms with van der Waals surface area (Å²) in [5.41, 5.74) is 0.834. The standard InChI is InChI=1S/C15H21N3O2/c1-3-12(2)20-14-7-4-6-13(10-14)18-11-15(19)17-9-5-8-16/h4,6-7,10,12,18H,3,5,9,11H2,1-2H3,(H,17,19). The largest absolute Gasteiger partial charge is 0.491 e. The minimum absolute atomic E-state index is 0.131. The average molecular weight is 275 g/mol. The smallest absolute Gasteiger partial charge is 0.239 e. The molecule has 0 aromatic heterocycles. The monoisotopic (exact) mass is 275 g/mol. The molecule has 0 heterocycles. The molecule has 0 saturated carbocycles. The zero-order chi connectivity index (χ0) is 14.8. The minimum atomic E-state index is -0.131. The third kappa shape index (κ3) is 6.10. The first-order valence-electron chi connectivity index (χ1n) is 6.80. The van der Waals surface area contributed by atoms with Gasteiger partial charge in [-0.3, -0.25) is 4.79 Å². The molecule has 0 radical (unpaired) electrons. The summed E-state index contributed by atoms with van der Waals surface area (Å²) in [6.07, 6.45) is 1.43. The molecule has 0 aliphatic rings. The molecule has 0 bridgehead atoms. The second-order valence-corrected chi connectivity index (χ2v) is 4.48. The Kier molecular flexibility index (Phi) is 6.97. The van der Waals surface area contributed by atoms with Crippen molar-refractivity contribution < 1.29 is 9.53 Å². The number of amides is 1. The highest BCUT2D eigenvalue weighted by Crippen LogP contribution is 2.18. The number of carbonyl (C=O) groups excluding carboxylic acids is 1. The number of ether oxygens (including phenoxy) is 1. The lowest BCUT2D eigenvalue weighted by atomic mass is 10.2. The van der Waals surface area contributed by atoms with Crippen molar-refractivity contribution in [2.24, 2.45) is 0 Å². The predicted octanol–water partition coefficient (Wildman–Crippen LogP) is 2.31. The molecular formula is C15H21N3O2. The fourth-order valence-corrected chi connectivity index (χ4v) is 1.50. The van der Waals surface area contributed by atoms with Gasteiger partial charge in [-0.15, -0.1) is 0 Å². The predicted molar refractivity (Wildman–Crippen MR) is 78.6 cm³/mol. The summed E-state index contributed by atoms with van der Waals surface area (Å²) in [6, 6.07) is 9.50. The van der Waals surface area contributed by atoms with Crippen LogP contribution in [0.2, 0.25) is 0 Å². The van der Waals surface area contributed by atoms with Crippen LogP contribution in [0.1, 0.15) is 26.7 Å². The number of hydrogen-bond donors (Lipinski definition) is 2. The topological polar surface area (TPSA) is 74.2 Å². The van der Waals surface area contributed by atoms with Crippen molar-refractivity contribution in [1.82, 2.24) is 5.32 Å². The molecule has 2 N–H and O–H groups in total. The van der Waals surface area contributed by atoms with Gasteiger partial charge in [0.05, 0.1) is 25.1 Å². The molecule has 20 heavy (non-hydrogen) atoms. The van der Waals surface area contributed by atoms with Gasteiger partial charge >= 0.3 is 0 Å². The number of benzene rings is 1. The molecular weight excluding hydrogens is 254 g/mol. The first-order chi connectivity index (χ1) is 9.65. The van der Waals surface area contributed by atoms with Crippen LogP contribution >= 0.6 is 0 Å². The van der Waals surface area contributed by atoms with E-state index in [9.17, 15) is 4.79 Å². The van der Waals surface area contributed by atoms with Crippen LogP contribution < -0.4 is 15.4 Å². The molecule has 5 nitrogen and oxygen atoms in total. The number of carbonyl (C=O) groups is 1. The maximum absolute atomic E-state index is 11.5. The fraction of sp³-hybridized carbons (Fsp3) is 0.467. The Labute approximate surface area is 119 Å². The summed E-state index contributed by atoms with van der Waals surface area (Å²) < 4.78 is 5.71. The van der Waals surface area contributed by atoms with Gasteiger partial charge in [0, 0.05) is 18.3 Å². The van der Waals surface area contributed by atoms with E-state index in [2.05, 4.69) is 17.6 Å². The second kappa shape index (κ2) is 8.81. The summed E-state index contributed by atoms with van der Waals surface area (Å²) in [7, 11) is 0. The molecule has 0 aliphatic carbocycles. The Bertz CT molecular complexity index is 468. The number of hydrogen-bond acceptors (Lipinski definition) is 4. The van der Waals surface area contributed by atoms with Crippen molar-refractivity contribution >= 4 is 11.6 Å². The third-order valence-corrected chi connectivity index (χ3v) is 2.76. The SMILES string of the molecule is CCC(C)Oc1cccc(NCC(=O)NCCC#N)c1. The molecule has 5 heteroatoms. The van der Waals surface area contributed by atoms with Crippen LogP contribution in [-0.2, 0) is 4.79 Å². The van der Waals surface area contributed by atoms with Crippen LogP contribution in [0.15, 0.2) is 24.3 Å². The summed E-state index contributed by atoms with van der Waals surface area (Å²) in [5.74, 6) is 0.655. The lowest BCUT2D eigenvalue weighted by Crippen LogP contribution is -2.30. The highest BCUT2D eigenvalue weighted by molar-refractivity contribution is 5.80. The van der Waals surface area contributed by atoms with Crippen LogP contribution in [-0.4, -0.2) is 25.1 Å². The highest BCUT2D eigenvalue weighted by atomic mass is 16.5. The highest BCUT2D eigenvalue weighted by Gasteiger charge is 2.03. The van der Waals surface area contributed by atoms with E-state index < -0.39 is 0 Å². The van der Waals surface area contributed by atoms with E-state index >= 15 is 0 Å². The van der Waals surface area contributed by atoms with E-state index in [4.69, 9.17) is 10.00 Å². The minimum Gasteiger partial charge on any atom is -0.491 e. The Balaban J connectivity index is 2.42. The van der Waals surface area contributed by atoms with Crippen molar-refractivity contribution in [3.05, 3.63) is 24.3 Å². The second-order valence-electron chi connectivity index (χ2n) is 4.48. The summed E-state index contributed by atoms with van der Waals surface area (Å²) in [5, 5.41) is 14.1. The Morgan fingerprint density at radius 1 is 1.50 bits per heavy atom. The van der Waals surface area contributed by atoms with Gasteiger partial charge in [-0.05, 0) is 25.5 Å². The fourth-order valence-electron chi connectivity index (χ4n) is 1.50. The van der Waals surface area contributed by atoms with E-state index in [-0.39, 0.29) is 18.6 Å². The van der Waals surface area contributed by atoms with Crippen LogP contribution in [0.5, 0.6) is 5.75 Å². The number of rotatable bonds is 8. The van der Waals surface area contributed by atoms with Crippen molar-refractivity contribution in [3.8, 4) is 11.8 Å². The zero-order valence-corrected chi connectivity index (χ0v) is 12.0. The molecule has 0 fully saturated rings. The normalized spacial score (nSPS) is 11.2. The Morgan fingerprint density at radius 3 is 3.00 bits per heavy atom. The number of nitrogens with one attached hydrogen (secondary N) is 2. The van der Waals surface area contributed by atoms with Crippen LogP contribution in [0.4, 0.5) is 5.69 Å². The molecule has 1 amide bonds. The molecule has 1 unspecified atom stereocenters. The van der Waals surface area contributed by atoms with E-state index in [0.29, 0.717) is 13.0 Å². The van der Waals surface area contributed by atoms with Crippen molar-refractivity contribution in [3.63, 3.8) is 0 Å². The van der Waals surface area contributed by atoms with Gasteiger partial charge < -0.3 is 15.4 Å². The van der Waals surface area contributed by atoms with E-state index in [1.54, 1.807) is 0 Å². The number of nitrogens with zero attached hydrogens (tertiary/aromatic N) is 1. The molecule has 1 aromatic rings. The quantitative estimate of drug-likeness (QED) is 0.714. The summed E-state index contributed by atoms with van der Waals surface area (Å²) in [6.45, 7) is 4.65. The van der Waals surface area contributed by atoms with E-state index in [1.165, 1.54) is 0 Å². The maximum atomic E-state index is 11.5. The summed E-state index contributed by atoms with van der Waals surface area (Å²) in [4.78, 5) is 11.5. The average Bonchev–Trinajstić information content (AvgIpc) is 2.45. The zero-order valence-electron chi connectivity index (χ0n) is 12.0. The third-order valence-electron chi connectivity index (χ3n) is 2.76. The van der Waals surface area contributed by atoms with Gasteiger partial charge in [-0.25, -0.2) is 0 Å². The van der Waals surface area contributed by atoms with Crippen LogP contribution in [0, 0.1) is 11.3 Å². The lowest BCUT2D eigenvalue weighted by Gasteiger charge is -2.14. The first-order valence-corrected chi connectivity index (χ1v) is 6.80. The van der Waals surface area contributed by atoms with Crippen molar-refractivity contribution in [2.75, 3.05) is 18.4 Å². The molecule has 1 aromatic carbocycles. The number of nitriles is 1. The Morgan fingerprint density at radius 2 is 2.30 bits per heavy atom. The molecule has 1 atom stereocenters. The van der Waals surface area contributed by atoms with Gasteiger partial charge in [0.25, 0.3) is 0 Å². The summed E-state index contributed by atoms with van der Waals surface area (Å²) >= 11 is 0. The van der Waals surface area contributed by atoms with Gasteiger partial charge in [-0.1, -0.05) is 13.0 Å². The Hall–Kier alpha value is -2.22. The number of anilines is 1. The molecule has 0 saturated heterocycles. The molecule has 108 valence electrons. The maximum Gasteiger partial charge on any atom is 0.239 e. The van der Waals surface area contributed by atoms with Crippen molar-refractivity contribution in [2.45, 2.75) is 32.8 Å². The first kappa shape index (κ1) is 15.8. The molecule has 1 rings (SSSR count). The van der Waals surface area contributed by atoms with E-state index in [0.717, 1.165) is 17.9 Å². The van der Waals surface area contributed by atoms with Gasteiger partial charge in [0.2, 0.25) is 5.91 Å². The van der Waals surface area contributed by atoms with Crippen molar-refractivity contribution in [1.29, 1.82) is 5.26 Å². The van der Waals surface area contributed by atoms with E-state index in [1.807, 2.05) is 37.3 Å². The molecule has 0 spiro atoms. The van der Waals surface area contributed by atoms with Gasteiger partial charge in [0.1, 0.15) is 5.75 Å². The van der Waals surface area contributed by atoms with Crippen LogP contribution in [0.25, 0.3) is 0 Å².